The first kappa shape index (κ1) is 28.6. The quantitative estimate of drug-likeness (QED) is 0.262. The van der Waals surface area contributed by atoms with Crippen molar-refractivity contribution in [2.75, 3.05) is 55.9 Å². The van der Waals surface area contributed by atoms with E-state index in [0.29, 0.717) is 71.4 Å². The molecule has 1 aliphatic heterocycles. The van der Waals surface area contributed by atoms with Gasteiger partial charge in [-0.05, 0) is 66.2 Å². The Labute approximate surface area is 252 Å². The maximum Gasteiger partial charge on any atom is 0.324 e. The summed E-state index contributed by atoms with van der Waals surface area (Å²) in [5.74, 6) is 0.849. The highest BCUT2D eigenvalue weighted by atomic mass is 19.1. The third-order valence-electron chi connectivity index (χ3n) is 7.12. The minimum Gasteiger partial charge on any atom is -0.378 e. The summed E-state index contributed by atoms with van der Waals surface area (Å²) in [6, 6.07) is 18.5. The number of fused-ring (bicyclic) bond motifs is 1. The number of amides is 3. The number of nitrogens with one attached hydrogen (secondary N) is 2. The van der Waals surface area contributed by atoms with Crippen LogP contribution in [-0.4, -0.2) is 77.2 Å². The number of aromatic nitrogens is 4. The van der Waals surface area contributed by atoms with Gasteiger partial charge in [0.05, 0.1) is 18.7 Å². The van der Waals surface area contributed by atoms with Crippen LogP contribution in [0.4, 0.5) is 26.5 Å². The molecule has 0 bridgehead atoms. The smallest absolute Gasteiger partial charge is 0.324 e. The minimum atomic E-state index is -0.553. The minimum absolute atomic E-state index is 0.124. The van der Waals surface area contributed by atoms with Crippen molar-refractivity contribution >= 4 is 40.2 Å². The maximum atomic E-state index is 14.5. The molecular formula is C32H29FN8O3. The molecule has 1 aliphatic rings. The van der Waals surface area contributed by atoms with Crippen LogP contribution >= 0.6 is 0 Å². The van der Waals surface area contributed by atoms with Crippen molar-refractivity contribution in [3.8, 4) is 22.5 Å². The summed E-state index contributed by atoms with van der Waals surface area (Å²) >= 11 is 0. The lowest BCUT2D eigenvalue weighted by Crippen LogP contribution is -2.37. The number of halogens is 1. The Bertz CT molecular complexity index is 1820. The molecule has 3 aromatic heterocycles. The molecule has 2 aromatic carbocycles. The second kappa shape index (κ2) is 12.4. The van der Waals surface area contributed by atoms with Crippen LogP contribution in [0.5, 0.6) is 0 Å². The van der Waals surface area contributed by atoms with E-state index in [1.54, 1.807) is 68.8 Å². The first-order valence-corrected chi connectivity index (χ1v) is 14.0. The van der Waals surface area contributed by atoms with Crippen LogP contribution in [-0.2, 0) is 4.74 Å². The molecule has 1 saturated heterocycles. The average molecular weight is 593 g/mol. The fourth-order valence-electron chi connectivity index (χ4n) is 4.86. The highest BCUT2D eigenvalue weighted by Crippen LogP contribution is 2.32. The van der Waals surface area contributed by atoms with Gasteiger partial charge in [-0.25, -0.2) is 24.7 Å². The van der Waals surface area contributed by atoms with Crippen molar-refractivity contribution in [1.82, 2.24) is 24.8 Å². The topological polar surface area (TPSA) is 125 Å². The van der Waals surface area contributed by atoms with Gasteiger partial charge in [0.25, 0.3) is 5.91 Å². The summed E-state index contributed by atoms with van der Waals surface area (Å²) in [6.07, 6.45) is 3.00. The Morgan fingerprint density at radius 1 is 0.909 bits per heavy atom. The van der Waals surface area contributed by atoms with E-state index in [4.69, 9.17) is 14.7 Å². The van der Waals surface area contributed by atoms with Crippen LogP contribution in [0.25, 0.3) is 33.4 Å². The number of ether oxygens (including phenoxy) is 1. The van der Waals surface area contributed by atoms with Crippen LogP contribution in [0.2, 0.25) is 0 Å². The summed E-state index contributed by atoms with van der Waals surface area (Å²) < 4.78 is 20.0. The van der Waals surface area contributed by atoms with Crippen molar-refractivity contribution in [3.05, 3.63) is 90.6 Å². The number of hydrogen-bond acceptors (Lipinski definition) is 8. The number of pyridine rings is 2. The Morgan fingerprint density at radius 2 is 1.68 bits per heavy atom. The summed E-state index contributed by atoms with van der Waals surface area (Å²) in [5.41, 5.74) is 3.38. The van der Waals surface area contributed by atoms with Gasteiger partial charge >= 0.3 is 6.03 Å². The predicted molar refractivity (Wildman–Crippen MR) is 166 cm³/mol. The van der Waals surface area contributed by atoms with Gasteiger partial charge in [0, 0.05) is 67.3 Å². The molecule has 0 unspecified atom stereocenters. The number of hydrogen-bond donors (Lipinski definition) is 2. The number of morpholine rings is 1. The zero-order chi connectivity index (χ0) is 30.6. The molecule has 11 nitrogen and oxygen atoms in total. The van der Waals surface area contributed by atoms with Crippen molar-refractivity contribution in [1.29, 1.82) is 0 Å². The zero-order valence-electron chi connectivity index (χ0n) is 24.1. The van der Waals surface area contributed by atoms with E-state index >= 15 is 0 Å². The highest BCUT2D eigenvalue weighted by Gasteiger charge is 2.19. The van der Waals surface area contributed by atoms with Crippen LogP contribution in [0, 0.1) is 5.95 Å². The second-order valence-electron chi connectivity index (χ2n) is 10.3. The molecule has 222 valence electrons. The number of nitrogens with zero attached hydrogens (tertiary/aromatic N) is 6. The molecule has 0 radical (unpaired) electrons. The van der Waals surface area contributed by atoms with E-state index in [9.17, 15) is 14.0 Å². The first-order chi connectivity index (χ1) is 21.4. The Hall–Kier alpha value is -5.49. The van der Waals surface area contributed by atoms with Gasteiger partial charge in [0.1, 0.15) is 11.6 Å². The van der Waals surface area contributed by atoms with Gasteiger partial charge in [-0.3, -0.25) is 10.1 Å². The molecule has 5 aromatic rings. The Morgan fingerprint density at radius 3 is 2.39 bits per heavy atom. The third-order valence-corrected chi connectivity index (χ3v) is 7.12. The first-order valence-electron chi connectivity index (χ1n) is 14.0. The molecule has 12 heteroatoms. The largest absolute Gasteiger partial charge is 0.378 e. The molecule has 0 aliphatic carbocycles. The van der Waals surface area contributed by atoms with Crippen LogP contribution in [0.15, 0.2) is 79.1 Å². The van der Waals surface area contributed by atoms with Crippen molar-refractivity contribution in [3.63, 3.8) is 0 Å². The Kier molecular flexibility index (Phi) is 8.06. The lowest BCUT2D eigenvalue weighted by Gasteiger charge is -2.29. The van der Waals surface area contributed by atoms with Crippen LogP contribution in [0.1, 0.15) is 10.4 Å². The fraction of sp³-hybridized carbons (Fsp3) is 0.188. The summed E-state index contributed by atoms with van der Waals surface area (Å²) in [7, 11) is 3.36. The van der Waals surface area contributed by atoms with E-state index in [-0.39, 0.29) is 5.91 Å². The lowest BCUT2D eigenvalue weighted by molar-refractivity contribution is 0.0827. The highest BCUT2D eigenvalue weighted by molar-refractivity contribution is 6.00. The number of carbonyl (C=O) groups is 2. The number of carbonyl (C=O) groups excluding carboxylic acids is 2. The second-order valence-corrected chi connectivity index (χ2v) is 10.3. The molecular weight excluding hydrogens is 563 g/mol. The molecule has 4 heterocycles. The van der Waals surface area contributed by atoms with Gasteiger partial charge in [0.2, 0.25) is 5.95 Å². The standard InChI is InChI=1S/C32H29FN8O3/c1-40(2)31(42)20-5-9-23(10-6-20)36-32(43)38-27-12-8-22(19-35-27)29-37-26-18-21(24-4-3-13-34-28(24)33)7-11-25(26)30(39-29)41-14-16-44-17-15-41/h3-13,18-19H,14-17H2,1-2H3,(H2,35,36,38,43). The Balaban J connectivity index is 1.25. The van der Waals surface area contributed by atoms with E-state index in [2.05, 4.69) is 25.5 Å². The molecule has 1 fully saturated rings. The molecule has 0 spiro atoms. The molecule has 44 heavy (non-hydrogen) atoms. The summed E-state index contributed by atoms with van der Waals surface area (Å²) in [4.78, 5) is 46.2. The number of anilines is 3. The van der Waals surface area contributed by atoms with Gasteiger partial charge in [-0.15, -0.1) is 0 Å². The van der Waals surface area contributed by atoms with Gasteiger partial charge < -0.3 is 19.9 Å². The van der Waals surface area contributed by atoms with Gasteiger partial charge in [-0.1, -0.05) is 6.07 Å². The predicted octanol–water partition coefficient (Wildman–Crippen LogP) is 5.08. The number of rotatable bonds is 6. The lowest BCUT2D eigenvalue weighted by atomic mass is 10.0. The average Bonchev–Trinajstić information content (AvgIpc) is 3.05. The molecule has 6 rings (SSSR count). The molecule has 0 saturated carbocycles. The normalized spacial score (nSPS) is 13.0. The third kappa shape index (κ3) is 6.15. The van der Waals surface area contributed by atoms with E-state index in [1.807, 2.05) is 18.2 Å². The zero-order valence-corrected chi connectivity index (χ0v) is 24.1. The van der Waals surface area contributed by atoms with Gasteiger partial charge in [0.15, 0.2) is 5.82 Å². The maximum absolute atomic E-state index is 14.5. The van der Waals surface area contributed by atoms with Crippen LogP contribution in [0.3, 0.4) is 0 Å². The van der Waals surface area contributed by atoms with Crippen molar-refractivity contribution in [2.24, 2.45) is 0 Å². The number of benzene rings is 2. The van der Waals surface area contributed by atoms with Crippen molar-refractivity contribution in [2.45, 2.75) is 0 Å². The number of urea groups is 1. The SMILES string of the molecule is CN(C)C(=O)c1ccc(NC(=O)Nc2ccc(-c3nc(N4CCOCC4)c4ccc(-c5cccnc5F)cc4n3)cn2)cc1. The molecule has 2 N–H and O–H groups in total. The monoisotopic (exact) mass is 592 g/mol. The van der Waals surface area contributed by atoms with Gasteiger partial charge in [-0.2, -0.15) is 4.39 Å². The van der Waals surface area contributed by atoms with Crippen LogP contribution < -0.4 is 15.5 Å². The summed E-state index contributed by atoms with van der Waals surface area (Å²) in [6.45, 7) is 2.52. The summed E-state index contributed by atoms with van der Waals surface area (Å²) in [5, 5.41) is 6.28. The molecule has 3 amide bonds. The fourth-order valence-corrected chi connectivity index (χ4v) is 4.86. The van der Waals surface area contributed by atoms with E-state index in [1.165, 1.54) is 11.1 Å². The van der Waals surface area contributed by atoms with E-state index < -0.39 is 12.0 Å². The molecule has 0 atom stereocenters. The van der Waals surface area contributed by atoms with Crippen molar-refractivity contribution < 1.29 is 18.7 Å². The van der Waals surface area contributed by atoms with E-state index in [0.717, 1.165) is 11.2 Å².